The maximum absolute atomic E-state index is 6.08. The molecule has 0 bridgehead atoms. The van der Waals surface area contributed by atoms with Crippen LogP contribution in [0.2, 0.25) is 0 Å². The summed E-state index contributed by atoms with van der Waals surface area (Å²) in [6, 6.07) is -0.0964. The SMILES string of the molecule is COc1cnc(C(N)CC2CC2)c(OC)n1. The van der Waals surface area contributed by atoms with E-state index < -0.39 is 0 Å². The summed E-state index contributed by atoms with van der Waals surface area (Å²) in [5, 5.41) is 0. The molecule has 1 fully saturated rings. The van der Waals surface area contributed by atoms with Crippen LogP contribution in [0.4, 0.5) is 0 Å². The van der Waals surface area contributed by atoms with Crippen molar-refractivity contribution in [3.05, 3.63) is 11.9 Å². The number of nitrogens with two attached hydrogens (primary N) is 1. The van der Waals surface area contributed by atoms with Gasteiger partial charge in [0.25, 0.3) is 0 Å². The van der Waals surface area contributed by atoms with Gasteiger partial charge >= 0.3 is 0 Å². The van der Waals surface area contributed by atoms with Crippen molar-refractivity contribution in [2.24, 2.45) is 11.7 Å². The van der Waals surface area contributed by atoms with Crippen LogP contribution in [0.3, 0.4) is 0 Å². The van der Waals surface area contributed by atoms with Gasteiger partial charge < -0.3 is 15.2 Å². The van der Waals surface area contributed by atoms with Gasteiger partial charge in [-0.1, -0.05) is 12.8 Å². The lowest BCUT2D eigenvalue weighted by Crippen LogP contribution is -2.15. The zero-order chi connectivity index (χ0) is 11.5. The number of methoxy groups -OCH3 is 2. The lowest BCUT2D eigenvalue weighted by atomic mass is 10.1. The van der Waals surface area contributed by atoms with E-state index >= 15 is 0 Å². The lowest BCUT2D eigenvalue weighted by molar-refractivity contribution is 0.351. The molecule has 0 spiro atoms. The predicted molar refractivity (Wildman–Crippen MR) is 59.4 cm³/mol. The Morgan fingerprint density at radius 2 is 2.19 bits per heavy atom. The molecule has 0 aromatic carbocycles. The first kappa shape index (κ1) is 11.1. The topological polar surface area (TPSA) is 70.3 Å². The molecule has 88 valence electrons. The van der Waals surface area contributed by atoms with Crippen LogP contribution in [-0.4, -0.2) is 24.2 Å². The quantitative estimate of drug-likeness (QED) is 0.814. The highest BCUT2D eigenvalue weighted by molar-refractivity contribution is 5.25. The van der Waals surface area contributed by atoms with Crippen LogP contribution >= 0.6 is 0 Å². The maximum atomic E-state index is 6.08. The molecule has 0 aliphatic heterocycles. The average Bonchev–Trinajstić information content (AvgIpc) is 3.11. The summed E-state index contributed by atoms with van der Waals surface area (Å²) in [4.78, 5) is 8.44. The van der Waals surface area contributed by atoms with Crippen LogP contribution in [-0.2, 0) is 0 Å². The summed E-state index contributed by atoms with van der Waals surface area (Å²) in [6.07, 6.45) is 5.08. The van der Waals surface area contributed by atoms with E-state index in [9.17, 15) is 0 Å². The molecular formula is C11H17N3O2. The summed E-state index contributed by atoms with van der Waals surface area (Å²) < 4.78 is 10.2. The summed E-state index contributed by atoms with van der Waals surface area (Å²) >= 11 is 0. The van der Waals surface area contributed by atoms with Gasteiger partial charge in [0.05, 0.1) is 26.5 Å². The maximum Gasteiger partial charge on any atom is 0.240 e. The average molecular weight is 223 g/mol. The third-order valence-electron chi connectivity index (χ3n) is 2.78. The second-order valence-electron chi connectivity index (χ2n) is 4.09. The molecule has 1 unspecified atom stereocenters. The van der Waals surface area contributed by atoms with Crippen molar-refractivity contribution in [2.45, 2.75) is 25.3 Å². The smallest absolute Gasteiger partial charge is 0.240 e. The molecule has 16 heavy (non-hydrogen) atoms. The zero-order valence-electron chi connectivity index (χ0n) is 9.64. The summed E-state index contributed by atoms with van der Waals surface area (Å²) in [5.74, 6) is 1.66. The molecule has 1 aromatic rings. The van der Waals surface area contributed by atoms with Gasteiger partial charge in [-0.3, -0.25) is 0 Å². The number of hydrogen-bond acceptors (Lipinski definition) is 5. The van der Waals surface area contributed by atoms with Gasteiger partial charge in [-0.05, 0) is 12.3 Å². The molecule has 1 aromatic heterocycles. The lowest BCUT2D eigenvalue weighted by Gasteiger charge is -2.13. The Morgan fingerprint density at radius 1 is 1.44 bits per heavy atom. The van der Waals surface area contributed by atoms with E-state index in [2.05, 4.69) is 9.97 Å². The van der Waals surface area contributed by atoms with Gasteiger partial charge in [-0.2, -0.15) is 4.98 Å². The Kier molecular flexibility index (Phi) is 3.24. The largest absolute Gasteiger partial charge is 0.480 e. The Labute approximate surface area is 95.0 Å². The van der Waals surface area contributed by atoms with Gasteiger partial charge in [-0.15, -0.1) is 0 Å². The van der Waals surface area contributed by atoms with Gasteiger partial charge in [0.15, 0.2) is 0 Å². The standard InChI is InChI=1S/C11H17N3O2/c1-15-9-6-13-10(11(14-9)16-2)8(12)5-7-3-4-7/h6-8H,3-5,12H2,1-2H3. The molecule has 2 rings (SSSR count). The number of aromatic nitrogens is 2. The molecule has 5 heteroatoms. The van der Waals surface area contributed by atoms with Crippen LogP contribution in [0, 0.1) is 5.92 Å². The van der Waals surface area contributed by atoms with E-state index in [0.29, 0.717) is 11.8 Å². The van der Waals surface area contributed by atoms with E-state index in [-0.39, 0.29) is 6.04 Å². The Bertz CT molecular complexity index is 366. The van der Waals surface area contributed by atoms with E-state index in [4.69, 9.17) is 15.2 Å². The van der Waals surface area contributed by atoms with Crippen molar-refractivity contribution in [1.82, 2.24) is 9.97 Å². The Balaban J connectivity index is 2.17. The molecule has 1 aliphatic carbocycles. The molecule has 0 amide bonds. The molecule has 1 atom stereocenters. The van der Waals surface area contributed by atoms with Crippen molar-refractivity contribution >= 4 is 0 Å². The van der Waals surface area contributed by atoms with E-state index in [1.165, 1.54) is 12.8 Å². The molecule has 2 N–H and O–H groups in total. The number of rotatable bonds is 5. The third kappa shape index (κ3) is 2.41. The molecule has 1 aliphatic rings. The van der Waals surface area contributed by atoms with Gasteiger partial charge in [0.2, 0.25) is 11.8 Å². The monoisotopic (exact) mass is 223 g/mol. The molecule has 1 heterocycles. The van der Waals surface area contributed by atoms with Crippen LogP contribution < -0.4 is 15.2 Å². The number of ether oxygens (including phenoxy) is 2. The van der Waals surface area contributed by atoms with Crippen LogP contribution in [0.15, 0.2) is 6.20 Å². The van der Waals surface area contributed by atoms with Crippen molar-refractivity contribution in [3.63, 3.8) is 0 Å². The van der Waals surface area contributed by atoms with Crippen molar-refractivity contribution in [2.75, 3.05) is 14.2 Å². The fraction of sp³-hybridized carbons (Fsp3) is 0.636. The molecular weight excluding hydrogens is 206 g/mol. The third-order valence-corrected chi connectivity index (χ3v) is 2.78. The van der Waals surface area contributed by atoms with Crippen molar-refractivity contribution < 1.29 is 9.47 Å². The van der Waals surface area contributed by atoms with Gasteiger partial charge in [0.1, 0.15) is 5.69 Å². The predicted octanol–water partition coefficient (Wildman–Crippen LogP) is 1.29. The van der Waals surface area contributed by atoms with Crippen LogP contribution in [0.1, 0.15) is 31.0 Å². The summed E-state index contributed by atoms with van der Waals surface area (Å²) in [7, 11) is 3.12. The van der Waals surface area contributed by atoms with Crippen LogP contribution in [0.5, 0.6) is 11.8 Å². The number of nitrogens with zero attached hydrogens (tertiary/aromatic N) is 2. The minimum Gasteiger partial charge on any atom is -0.480 e. The van der Waals surface area contributed by atoms with Crippen molar-refractivity contribution in [1.29, 1.82) is 0 Å². The molecule has 5 nitrogen and oxygen atoms in total. The Hall–Kier alpha value is -1.36. The number of hydrogen-bond donors (Lipinski definition) is 1. The van der Waals surface area contributed by atoms with Crippen LogP contribution in [0.25, 0.3) is 0 Å². The first-order valence-corrected chi connectivity index (χ1v) is 5.45. The Morgan fingerprint density at radius 3 is 2.75 bits per heavy atom. The van der Waals surface area contributed by atoms with E-state index in [1.54, 1.807) is 20.4 Å². The molecule has 0 saturated heterocycles. The second kappa shape index (κ2) is 4.65. The second-order valence-corrected chi connectivity index (χ2v) is 4.09. The van der Waals surface area contributed by atoms with Gasteiger partial charge in [-0.25, -0.2) is 4.98 Å². The minimum atomic E-state index is -0.0964. The fourth-order valence-corrected chi connectivity index (χ4v) is 1.69. The first-order chi connectivity index (χ1) is 7.74. The highest BCUT2D eigenvalue weighted by atomic mass is 16.5. The molecule has 0 radical (unpaired) electrons. The summed E-state index contributed by atoms with van der Waals surface area (Å²) in [6.45, 7) is 0. The zero-order valence-corrected chi connectivity index (χ0v) is 9.64. The van der Waals surface area contributed by atoms with Crippen molar-refractivity contribution in [3.8, 4) is 11.8 Å². The van der Waals surface area contributed by atoms with Gasteiger partial charge in [0, 0.05) is 0 Å². The first-order valence-electron chi connectivity index (χ1n) is 5.45. The van der Waals surface area contributed by atoms with E-state index in [0.717, 1.165) is 18.0 Å². The fourth-order valence-electron chi connectivity index (χ4n) is 1.69. The molecule has 1 saturated carbocycles. The minimum absolute atomic E-state index is 0.0964. The normalized spacial score (nSPS) is 16.9. The summed E-state index contributed by atoms with van der Waals surface area (Å²) in [5.41, 5.74) is 6.80. The van der Waals surface area contributed by atoms with E-state index in [1.807, 2.05) is 0 Å². The highest BCUT2D eigenvalue weighted by Gasteiger charge is 2.27. The highest BCUT2D eigenvalue weighted by Crippen LogP contribution is 2.37.